The van der Waals surface area contributed by atoms with E-state index in [4.69, 9.17) is 9.84 Å². The van der Waals surface area contributed by atoms with Gasteiger partial charge in [0.05, 0.1) is 18.8 Å². The summed E-state index contributed by atoms with van der Waals surface area (Å²) in [5.41, 5.74) is -0.599. The van der Waals surface area contributed by atoms with Crippen LogP contribution in [-0.4, -0.2) is 39.3 Å². The van der Waals surface area contributed by atoms with Gasteiger partial charge in [0, 0.05) is 12.0 Å². The SMILES string of the molecule is CC1(CNS(=O)(=O)c2cc(C(=O)O)ccc2F)COC1. The number of sulfonamides is 1. The zero-order chi connectivity index (χ0) is 15.0. The molecule has 8 heteroatoms. The van der Waals surface area contributed by atoms with Gasteiger partial charge in [-0.2, -0.15) is 0 Å². The molecule has 110 valence electrons. The molecule has 0 spiro atoms. The molecular weight excluding hydrogens is 289 g/mol. The summed E-state index contributed by atoms with van der Waals surface area (Å²) in [6, 6.07) is 2.64. The summed E-state index contributed by atoms with van der Waals surface area (Å²) in [4.78, 5) is 10.1. The molecule has 0 radical (unpaired) electrons. The Hall–Kier alpha value is -1.51. The molecule has 2 N–H and O–H groups in total. The monoisotopic (exact) mass is 303 g/mol. The molecule has 1 aromatic rings. The average Bonchev–Trinajstić information content (AvgIpc) is 2.34. The lowest BCUT2D eigenvalue weighted by molar-refractivity contribution is -0.0965. The van der Waals surface area contributed by atoms with Gasteiger partial charge in [-0.15, -0.1) is 0 Å². The molecular formula is C12H14FNO5S. The minimum atomic E-state index is -4.10. The molecule has 1 aliphatic rings. The van der Waals surface area contributed by atoms with E-state index in [1.165, 1.54) is 0 Å². The summed E-state index contributed by atoms with van der Waals surface area (Å²) in [6.07, 6.45) is 0. The largest absolute Gasteiger partial charge is 0.478 e. The first-order valence-corrected chi connectivity index (χ1v) is 7.32. The first-order valence-electron chi connectivity index (χ1n) is 5.84. The highest BCUT2D eigenvalue weighted by Gasteiger charge is 2.35. The smallest absolute Gasteiger partial charge is 0.335 e. The van der Waals surface area contributed by atoms with Crippen LogP contribution in [0.15, 0.2) is 23.1 Å². The Balaban J connectivity index is 2.24. The van der Waals surface area contributed by atoms with Crippen LogP contribution in [0.3, 0.4) is 0 Å². The van der Waals surface area contributed by atoms with Gasteiger partial charge in [-0.25, -0.2) is 22.3 Å². The molecule has 0 aliphatic carbocycles. The maximum atomic E-state index is 13.6. The van der Waals surface area contributed by atoms with E-state index in [1.54, 1.807) is 0 Å². The van der Waals surface area contributed by atoms with Gasteiger partial charge in [-0.1, -0.05) is 6.92 Å². The van der Waals surface area contributed by atoms with Crippen molar-refractivity contribution in [2.45, 2.75) is 11.8 Å². The van der Waals surface area contributed by atoms with E-state index in [-0.39, 0.29) is 17.5 Å². The zero-order valence-electron chi connectivity index (χ0n) is 10.7. The number of halogens is 1. The third-order valence-corrected chi connectivity index (χ3v) is 4.47. The Morgan fingerprint density at radius 3 is 2.65 bits per heavy atom. The predicted molar refractivity (Wildman–Crippen MR) is 67.5 cm³/mol. The van der Waals surface area contributed by atoms with Crippen LogP contribution in [-0.2, 0) is 14.8 Å². The van der Waals surface area contributed by atoms with Crippen molar-refractivity contribution in [3.05, 3.63) is 29.6 Å². The minimum Gasteiger partial charge on any atom is -0.478 e. The molecule has 2 rings (SSSR count). The van der Waals surface area contributed by atoms with Crippen molar-refractivity contribution >= 4 is 16.0 Å². The summed E-state index contributed by atoms with van der Waals surface area (Å²) in [5.74, 6) is -2.31. The number of carbonyl (C=O) groups is 1. The van der Waals surface area contributed by atoms with Crippen LogP contribution >= 0.6 is 0 Å². The first-order chi connectivity index (χ1) is 9.23. The Labute approximate surface area is 115 Å². The van der Waals surface area contributed by atoms with Crippen LogP contribution in [0.1, 0.15) is 17.3 Å². The highest BCUT2D eigenvalue weighted by Crippen LogP contribution is 2.26. The van der Waals surface area contributed by atoms with E-state index in [0.29, 0.717) is 13.2 Å². The number of hydrogen-bond donors (Lipinski definition) is 2. The maximum Gasteiger partial charge on any atom is 0.335 e. The molecule has 0 atom stereocenters. The zero-order valence-corrected chi connectivity index (χ0v) is 11.5. The average molecular weight is 303 g/mol. The number of ether oxygens (including phenoxy) is 1. The van der Waals surface area contributed by atoms with Gasteiger partial charge >= 0.3 is 5.97 Å². The Bertz CT molecular complexity index is 639. The molecule has 1 aliphatic heterocycles. The number of rotatable bonds is 5. The fourth-order valence-electron chi connectivity index (χ4n) is 1.74. The molecule has 0 amide bonds. The maximum absolute atomic E-state index is 13.6. The molecule has 1 aromatic carbocycles. The molecule has 1 fully saturated rings. The quantitative estimate of drug-likeness (QED) is 0.841. The van der Waals surface area contributed by atoms with Crippen molar-refractivity contribution in [2.24, 2.45) is 5.41 Å². The number of aromatic carboxylic acids is 1. The van der Waals surface area contributed by atoms with Crippen LogP contribution in [0.5, 0.6) is 0 Å². The summed E-state index contributed by atoms with van der Waals surface area (Å²) in [7, 11) is -4.10. The Morgan fingerprint density at radius 1 is 1.50 bits per heavy atom. The Morgan fingerprint density at radius 2 is 2.15 bits per heavy atom. The van der Waals surface area contributed by atoms with E-state index in [9.17, 15) is 17.6 Å². The van der Waals surface area contributed by atoms with Gasteiger partial charge in [0.2, 0.25) is 10.0 Å². The molecule has 20 heavy (non-hydrogen) atoms. The number of benzene rings is 1. The lowest BCUT2D eigenvalue weighted by Gasteiger charge is -2.37. The fourth-order valence-corrected chi connectivity index (χ4v) is 3.04. The molecule has 1 heterocycles. The van der Waals surface area contributed by atoms with Gasteiger partial charge in [0.1, 0.15) is 10.7 Å². The van der Waals surface area contributed by atoms with Crippen molar-refractivity contribution in [3.63, 3.8) is 0 Å². The number of hydrogen-bond acceptors (Lipinski definition) is 4. The summed E-state index contributed by atoms with van der Waals surface area (Å²) in [6.45, 7) is 2.79. The normalized spacial score (nSPS) is 17.5. The van der Waals surface area contributed by atoms with Crippen molar-refractivity contribution in [2.75, 3.05) is 19.8 Å². The number of carboxylic acids is 1. The standard InChI is InChI=1S/C12H14FNO5S/c1-12(6-19-7-12)5-14-20(17,18)10-4-8(11(15)16)2-3-9(10)13/h2-4,14H,5-7H2,1H3,(H,15,16). The third-order valence-electron chi connectivity index (χ3n) is 3.06. The van der Waals surface area contributed by atoms with Crippen molar-refractivity contribution in [3.8, 4) is 0 Å². The number of nitrogens with one attached hydrogen (secondary N) is 1. The summed E-state index contributed by atoms with van der Waals surface area (Å²) >= 11 is 0. The van der Waals surface area contributed by atoms with E-state index < -0.39 is 26.7 Å². The summed E-state index contributed by atoms with van der Waals surface area (Å²) < 4.78 is 44.9. The van der Waals surface area contributed by atoms with Crippen LogP contribution in [0.2, 0.25) is 0 Å². The van der Waals surface area contributed by atoms with Crippen LogP contribution < -0.4 is 4.72 Å². The Kier molecular flexibility index (Phi) is 3.81. The van der Waals surface area contributed by atoms with Gasteiger partial charge in [0.25, 0.3) is 0 Å². The highest BCUT2D eigenvalue weighted by atomic mass is 32.2. The van der Waals surface area contributed by atoms with Gasteiger partial charge in [-0.05, 0) is 18.2 Å². The number of carboxylic acid groups (broad SMARTS) is 1. The molecule has 0 aromatic heterocycles. The predicted octanol–water partition coefficient (Wildman–Crippen LogP) is 0.839. The lowest BCUT2D eigenvalue weighted by Crippen LogP contribution is -2.48. The first kappa shape index (κ1) is 14.9. The van der Waals surface area contributed by atoms with Crippen molar-refractivity contribution in [1.82, 2.24) is 4.72 Å². The highest BCUT2D eigenvalue weighted by molar-refractivity contribution is 7.89. The second-order valence-electron chi connectivity index (χ2n) is 5.08. The second kappa shape index (κ2) is 5.12. The summed E-state index contributed by atoms with van der Waals surface area (Å²) in [5, 5.41) is 8.82. The van der Waals surface area contributed by atoms with Crippen molar-refractivity contribution in [1.29, 1.82) is 0 Å². The van der Waals surface area contributed by atoms with Gasteiger partial charge in [-0.3, -0.25) is 0 Å². The third kappa shape index (κ3) is 2.97. The lowest BCUT2D eigenvalue weighted by atomic mass is 9.89. The van der Waals surface area contributed by atoms with E-state index in [1.807, 2.05) is 6.92 Å². The van der Waals surface area contributed by atoms with Crippen LogP contribution in [0.25, 0.3) is 0 Å². The molecule has 0 bridgehead atoms. The van der Waals surface area contributed by atoms with Gasteiger partial charge in [0.15, 0.2) is 0 Å². The molecule has 6 nitrogen and oxygen atoms in total. The van der Waals surface area contributed by atoms with Crippen molar-refractivity contribution < 1.29 is 27.4 Å². The molecule has 1 saturated heterocycles. The van der Waals surface area contributed by atoms with E-state index >= 15 is 0 Å². The van der Waals surface area contributed by atoms with Crippen LogP contribution in [0.4, 0.5) is 4.39 Å². The molecule has 0 unspecified atom stereocenters. The minimum absolute atomic E-state index is 0.103. The van der Waals surface area contributed by atoms with E-state index in [2.05, 4.69) is 4.72 Å². The van der Waals surface area contributed by atoms with Gasteiger partial charge < -0.3 is 9.84 Å². The van der Waals surface area contributed by atoms with Crippen LogP contribution in [0, 0.1) is 11.2 Å². The topological polar surface area (TPSA) is 92.7 Å². The fraction of sp³-hybridized carbons (Fsp3) is 0.417. The second-order valence-corrected chi connectivity index (χ2v) is 6.81. The molecule has 0 saturated carbocycles. The van der Waals surface area contributed by atoms with E-state index in [0.717, 1.165) is 18.2 Å².